The van der Waals surface area contributed by atoms with E-state index in [2.05, 4.69) is 43.8 Å². The lowest BCUT2D eigenvalue weighted by atomic mass is 9.70. The molecule has 0 radical (unpaired) electrons. The fourth-order valence-electron chi connectivity index (χ4n) is 3.29. The quantitative estimate of drug-likeness (QED) is 0.921. The van der Waals surface area contributed by atoms with Crippen molar-refractivity contribution >= 4 is 0 Å². The Morgan fingerprint density at radius 3 is 2.70 bits per heavy atom. The highest BCUT2D eigenvalue weighted by molar-refractivity contribution is 5.08. The minimum Gasteiger partial charge on any atom is -0.391 e. The monoisotopic (exact) mass is 276 g/mol. The molecule has 1 saturated carbocycles. The lowest BCUT2D eigenvalue weighted by molar-refractivity contribution is -0.0103. The van der Waals surface area contributed by atoms with E-state index in [9.17, 15) is 5.11 Å². The lowest BCUT2D eigenvalue weighted by Crippen LogP contribution is -2.47. The fraction of sp³-hybridized carbons (Fsp3) is 0.706. The summed E-state index contributed by atoms with van der Waals surface area (Å²) < 4.78 is 0. The predicted octanol–water partition coefficient (Wildman–Crippen LogP) is 3.09. The maximum absolute atomic E-state index is 10.3. The first-order chi connectivity index (χ1) is 9.38. The molecule has 0 aromatic carbocycles. The van der Waals surface area contributed by atoms with Gasteiger partial charge in [-0.1, -0.05) is 26.8 Å². The third-order valence-corrected chi connectivity index (χ3v) is 4.73. The van der Waals surface area contributed by atoms with Crippen molar-refractivity contribution in [1.29, 1.82) is 0 Å². The number of aliphatic hydroxyl groups excluding tert-OH is 1. The number of rotatable bonds is 3. The highest BCUT2D eigenvalue weighted by atomic mass is 16.3. The van der Waals surface area contributed by atoms with Crippen LogP contribution in [-0.4, -0.2) is 34.2 Å². The summed E-state index contributed by atoms with van der Waals surface area (Å²) in [6.45, 7) is 7.79. The smallest absolute Gasteiger partial charge is 0.0695 e. The molecule has 3 atom stereocenters. The van der Waals surface area contributed by atoms with Gasteiger partial charge in [-0.05, 0) is 49.3 Å². The van der Waals surface area contributed by atoms with E-state index in [0.717, 1.165) is 25.8 Å². The van der Waals surface area contributed by atoms with Gasteiger partial charge < -0.3 is 5.11 Å². The van der Waals surface area contributed by atoms with Gasteiger partial charge in [0.1, 0.15) is 0 Å². The summed E-state index contributed by atoms with van der Waals surface area (Å²) in [6.07, 6.45) is 6.66. The third-order valence-electron chi connectivity index (χ3n) is 4.73. The first kappa shape index (κ1) is 15.5. The van der Waals surface area contributed by atoms with E-state index in [1.807, 2.05) is 12.3 Å². The maximum Gasteiger partial charge on any atom is 0.0695 e. The molecule has 0 spiro atoms. The van der Waals surface area contributed by atoms with Crippen LogP contribution in [0.15, 0.2) is 24.5 Å². The van der Waals surface area contributed by atoms with Crippen LogP contribution in [0.5, 0.6) is 0 Å². The van der Waals surface area contributed by atoms with Crippen LogP contribution in [0.2, 0.25) is 0 Å². The third kappa shape index (κ3) is 3.80. The Labute approximate surface area is 123 Å². The SMILES string of the molecule is CN(Cc1cccnc1)C1CC(C(C)(C)C)CCC1O. The van der Waals surface area contributed by atoms with E-state index >= 15 is 0 Å². The van der Waals surface area contributed by atoms with Crippen LogP contribution in [0.1, 0.15) is 45.6 Å². The van der Waals surface area contributed by atoms with Crippen LogP contribution in [-0.2, 0) is 6.54 Å². The van der Waals surface area contributed by atoms with Crippen molar-refractivity contribution in [3.05, 3.63) is 30.1 Å². The van der Waals surface area contributed by atoms with Crippen molar-refractivity contribution in [1.82, 2.24) is 9.88 Å². The van der Waals surface area contributed by atoms with Gasteiger partial charge in [0.25, 0.3) is 0 Å². The Kier molecular flexibility index (Phi) is 4.82. The Balaban J connectivity index is 2.02. The molecule has 2 rings (SSSR count). The molecular formula is C17H28N2O. The van der Waals surface area contributed by atoms with E-state index in [-0.39, 0.29) is 12.1 Å². The molecular weight excluding hydrogens is 248 g/mol. The molecule has 0 aliphatic heterocycles. The Morgan fingerprint density at radius 2 is 2.10 bits per heavy atom. The Bertz CT molecular complexity index is 413. The molecule has 1 aliphatic rings. The molecule has 1 aliphatic carbocycles. The lowest BCUT2D eigenvalue weighted by Gasteiger charge is -2.43. The molecule has 3 heteroatoms. The van der Waals surface area contributed by atoms with Gasteiger partial charge in [0.05, 0.1) is 6.10 Å². The second kappa shape index (κ2) is 6.23. The second-order valence-electron chi connectivity index (χ2n) is 7.29. The Hall–Kier alpha value is -0.930. The topological polar surface area (TPSA) is 36.4 Å². The summed E-state index contributed by atoms with van der Waals surface area (Å²) in [6, 6.07) is 4.33. The molecule has 0 amide bonds. The van der Waals surface area contributed by atoms with Crippen molar-refractivity contribution in [2.24, 2.45) is 11.3 Å². The zero-order valence-electron chi connectivity index (χ0n) is 13.2. The van der Waals surface area contributed by atoms with Crippen LogP contribution in [0.3, 0.4) is 0 Å². The molecule has 3 nitrogen and oxygen atoms in total. The van der Waals surface area contributed by atoms with Crippen LogP contribution in [0.4, 0.5) is 0 Å². The molecule has 112 valence electrons. The normalized spacial score (nSPS) is 27.8. The first-order valence-electron chi connectivity index (χ1n) is 7.65. The van der Waals surface area contributed by atoms with E-state index in [4.69, 9.17) is 0 Å². The number of pyridine rings is 1. The number of hydrogen-bond donors (Lipinski definition) is 1. The predicted molar refractivity (Wildman–Crippen MR) is 82.3 cm³/mol. The van der Waals surface area contributed by atoms with Gasteiger partial charge in [-0.25, -0.2) is 0 Å². The van der Waals surface area contributed by atoms with Crippen molar-refractivity contribution in [2.75, 3.05) is 7.05 Å². The zero-order valence-corrected chi connectivity index (χ0v) is 13.2. The van der Waals surface area contributed by atoms with Crippen molar-refractivity contribution < 1.29 is 5.11 Å². The summed E-state index contributed by atoms with van der Waals surface area (Å²) in [5.41, 5.74) is 1.54. The molecule has 1 aromatic rings. The number of hydrogen-bond acceptors (Lipinski definition) is 3. The average Bonchev–Trinajstić information content (AvgIpc) is 2.39. The fourth-order valence-corrected chi connectivity index (χ4v) is 3.29. The van der Waals surface area contributed by atoms with E-state index < -0.39 is 0 Å². The van der Waals surface area contributed by atoms with Crippen molar-refractivity contribution in [3.63, 3.8) is 0 Å². The largest absolute Gasteiger partial charge is 0.391 e. The number of likely N-dealkylation sites (N-methyl/N-ethyl adjacent to an activating group) is 1. The van der Waals surface area contributed by atoms with Gasteiger partial charge in [-0.2, -0.15) is 0 Å². The average molecular weight is 276 g/mol. The van der Waals surface area contributed by atoms with Crippen LogP contribution in [0, 0.1) is 11.3 Å². The van der Waals surface area contributed by atoms with Gasteiger partial charge in [0.15, 0.2) is 0 Å². The highest BCUT2D eigenvalue weighted by Gasteiger charge is 2.36. The summed E-state index contributed by atoms with van der Waals surface area (Å²) in [5.74, 6) is 0.687. The summed E-state index contributed by atoms with van der Waals surface area (Å²) >= 11 is 0. The summed E-state index contributed by atoms with van der Waals surface area (Å²) in [7, 11) is 2.12. The van der Waals surface area contributed by atoms with Crippen LogP contribution in [0.25, 0.3) is 0 Å². The van der Waals surface area contributed by atoms with Crippen LogP contribution < -0.4 is 0 Å². The minimum atomic E-state index is -0.199. The molecule has 0 saturated heterocycles. The molecule has 3 unspecified atom stereocenters. The maximum atomic E-state index is 10.3. The number of nitrogens with zero attached hydrogens (tertiary/aromatic N) is 2. The van der Waals surface area contributed by atoms with Gasteiger partial charge in [0, 0.05) is 25.0 Å². The molecule has 1 heterocycles. The van der Waals surface area contributed by atoms with E-state index in [0.29, 0.717) is 11.3 Å². The zero-order chi connectivity index (χ0) is 14.8. The molecule has 1 aromatic heterocycles. The van der Waals surface area contributed by atoms with E-state index in [1.54, 1.807) is 6.20 Å². The molecule has 0 bridgehead atoms. The minimum absolute atomic E-state index is 0.199. The van der Waals surface area contributed by atoms with E-state index in [1.165, 1.54) is 5.56 Å². The Morgan fingerprint density at radius 1 is 1.35 bits per heavy atom. The van der Waals surface area contributed by atoms with Gasteiger partial charge in [0.2, 0.25) is 0 Å². The van der Waals surface area contributed by atoms with Gasteiger partial charge in [-0.3, -0.25) is 9.88 Å². The highest BCUT2D eigenvalue weighted by Crippen LogP contribution is 2.39. The van der Waals surface area contributed by atoms with Crippen LogP contribution >= 0.6 is 0 Å². The second-order valence-corrected chi connectivity index (χ2v) is 7.29. The van der Waals surface area contributed by atoms with Crippen molar-refractivity contribution in [2.45, 2.75) is 58.7 Å². The van der Waals surface area contributed by atoms with Crippen molar-refractivity contribution in [3.8, 4) is 0 Å². The van der Waals surface area contributed by atoms with Gasteiger partial charge >= 0.3 is 0 Å². The summed E-state index contributed by atoms with van der Waals surface area (Å²) in [5, 5.41) is 10.3. The molecule has 1 N–H and O–H groups in total. The summed E-state index contributed by atoms with van der Waals surface area (Å²) in [4.78, 5) is 6.46. The number of aliphatic hydroxyl groups is 1. The first-order valence-corrected chi connectivity index (χ1v) is 7.65. The molecule has 1 fully saturated rings. The number of aromatic nitrogens is 1. The molecule has 20 heavy (non-hydrogen) atoms. The van der Waals surface area contributed by atoms with Gasteiger partial charge in [-0.15, -0.1) is 0 Å². The standard InChI is InChI=1S/C17H28N2O/c1-17(2,3)14-7-8-16(20)15(10-14)19(4)12-13-6-5-9-18-11-13/h5-6,9,11,14-16,20H,7-8,10,12H2,1-4H3.